The number of hydrogen-bond acceptors (Lipinski definition) is 5. The van der Waals surface area contributed by atoms with Gasteiger partial charge in [-0.2, -0.15) is 0 Å². The van der Waals surface area contributed by atoms with Crippen LogP contribution in [0.25, 0.3) is 0 Å². The quantitative estimate of drug-likeness (QED) is 0.833. The molecule has 0 bridgehead atoms. The van der Waals surface area contributed by atoms with Gasteiger partial charge in [0.05, 0.1) is 12.2 Å². The third-order valence-corrected chi connectivity index (χ3v) is 2.85. The zero-order valence-electron chi connectivity index (χ0n) is 11.0. The van der Waals surface area contributed by atoms with Crippen molar-refractivity contribution in [2.75, 3.05) is 13.2 Å². The van der Waals surface area contributed by atoms with Crippen LogP contribution in [0, 0.1) is 0 Å². The summed E-state index contributed by atoms with van der Waals surface area (Å²) in [5, 5.41) is 9.21. The SMILES string of the molecule is CC1(C)O[C@H](CO)[C@@H](COC(=O)c2ccccc2)O1. The predicted molar refractivity (Wildman–Crippen MR) is 67.6 cm³/mol. The average molecular weight is 266 g/mol. The number of aliphatic hydroxyl groups excluding tert-OH is 1. The number of benzene rings is 1. The monoisotopic (exact) mass is 266 g/mol. The third-order valence-electron chi connectivity index (χ3n) is 2.85. The molecule has 0 amide bonds. The zero-order valence-corrected chi connectivity index (χ0v) is 11.0. The average Bonchev–Trinajstić information content (AvgIpc) is 2.71. The van der Waals surface area contributed by atoms with Crippen molar-refractivity contribution in [2.24, 2.45) is 0 Å². The van der Waals surface area contributed by atoms with Gasteiger partial charge in [0.1, 0.15) is 18.8 Å². The zero-order chi connectivity index (χ0) is 13.9. The first-order chi connectivity index (χ1) is 9.02. The molecule has 0 radical (unpaired) electrons. The third kappa shape index (κ3) is 3.53. The van der Waals surface area contributed by atoms with E-state index >= 15 is 0 Å². The lowest BCUT2D eigenvalue weighted by Crippen LogP contribution is -2.31. The smallest absolute Gasteiger partial charge is 0.338 e. The molecule has 1 saturated heterocycles. The summed E-state index contributed by atoms with van der Waals surface area (Å²) in [4.78, 5) is 11.8. The minimum atomic E-state index is -0.767. The predicted octanol–water partition coefficient (Wildman–Crippen LogP) is 1.36. The van der Waals surface area contributed by atoms with E-state index in [4.69, 9.17) is 14.2 Å². The van der Waals surface area contributed by atoms with Gasteiger partial charge in [-0.3, -0.25) is 0 Å². The summed E-state index contributed by atoms with van der Waals surface area (Å²) in [7, 11) is 0. The molecule has 0 aliphatic carbocycles. The van der Waals surface area contributed by atoms with Gasteiger partial charge in [0.2, 0.25) is 0 Å². The fraction of sp³-hybridized carbons (Fsp3) is 0.500. The van der Waals surface area contributed by atoms with E-state index in [2.05, 4.69) is 0 Å². The van der Waals surface area contributed by atoms with Gasteiger partial charge in [-0.15, -0.1) is 0 Å². The second kappa shape index (κ2) is 5.69. The molecule has 1 heterocycles. The highest BCUT2D eigenvalue weighted by atomic mass is 16.8. The number of aliphatic hydroxyl groups is 1. The Labute approximate surface area is 112 Å². The molecule has 0 spiro atoms. The Morgan fingerprint density at radius 3 is 2.53 bits per heavy atom. The van der Waals surface area contributed by atoms with Gasteiger partial charge in [-0.1, -0.05) is 18.2 Å². The van der Waals surface area contributed by atoms with Crippen molar-refractivity contribution >= 4 is 5.97 Å². The summed E-state index contributed by atoms with van der Waals surface area (Å²) in [6.07, 6.45) is -0.925. The van der Waals surface area contributed by atoms with E-state index in [1.54, 1.807) is 38.1 Å². The summed E-state index contributed by atoms with van der Waals surface area (Å²) >= 11 is 0. The van der Waals surface area contributed by atoms with Crippen LogP contribution in [-0.4, -0.2) is 42.3 Å². The maximum Gasteiger partial charge on any atom is 0.338 e. The van der Waals surface area contributed by atoms with Crippen LogP contribution in [0.1, 0.15) is 24.2 Å². The molecule has 5 nitrogen and oxygen atoms in total. The first-order valence-corrected chi connectivity index (χ1v) is 6.20. The molecule has 0 aromatic heterocycles. The fourth-order valence-electron chi connectivity index (χ4n) is 2.02. The first-order valence-electron chi connectivity index (χ1n) is 6.20. The molecule has 1 aliphatic heterocycles. The molecule has 1 aromatic carbocycles. The van der Waals surface area contributed by atoms with Gasteiger partial charge >= 0.3 is 5.97 Å². The Morgan fingerprint density at radius 1 is 1.26 bits per heavy atom. The molecule has 104 valence electrons. The van der Waals surface area contributed by atoms with Crippen LogP contribution in [0.2, 0.25) is 0 Å². The van der Waals surface area contributed by atoms with Crippen molar-refractivity contribution in [1.82, 2.24) is 0 Å². The first kappa shape index (κ1) is 14.0. The number of esters is 1. The van der Waals surface area contributed by atoms with Crippen LogP contribution < -0.4 is 0 Å². The minimum absolute atomic E-state index is 0.0579. The molecule has 1 aliphatic rings. The van der Waals surface area contributed by atoms with Crippen molar-refractivity contribution in [3.05, 3.63) is 35.9 Å². The lowest BCUT2D eigenvalue weighted by Gasteiger charge is -2.16. The van der Waals surface area contributed by atoms with E-state index in [-0.39, 0.29) is 13.2 Å². The number of hydrogen-bond donors (Lipinski definition) is 1. The van der Waals surface area contributed by atoms with Crippen LogP contribution in [-0.2, 0) is 14.2 Å². The Bertz CT molecular complexity index is 429. The van der Waals surface area contributed by atoms with Gasteiger partial charge in [0.15, 0.2) is 5.79 Å². The number of rotatable bonds is 4. The minimum Gasteiger partial charge on any atom is -0.459 e. The molecular formula is C14H18O5. The molecule has 0 unspecified atom stereocenters. The largest absolute Gasteiger partial charge is 0.459 e. The van der Waals surface area contributed by atoms with E-state index in [1.807, 2.05) is 6.07 Å². The van der Waals surface area contributed by atoms with E-state index in [9.17, 15) is 9.90 Å². The van der Waals surface area contributed by atoms with Crippen molar-refractivity contribution in [2.45, 2.75) is 31.8 Å². The second-order valence-electron chi connectivity index (χ2n) is 4.86. The highest BCUT2D eigenvalue weighted by molar-refractivity contribution is 5.89. The molecule has 19 heavy (non-hydrogen) atoms. The fourth-order valence-corrected chi connectivity index (χ4v) is 2.02. The standard InChI is InChI=1S/C14H18O5/c1-14(2)18-11(8-15)12(19-14)9-17-13(16)10-6-4-3-5-7-10/h3-7,11-12,15H,8-9H2,1-2H3/t11-,12-/m1/s1. The highest BCUT2D eigenvalue weighted by Crippen LogP contribution is 2.28. The molecule has 1 aromatic rings. The Kier molecular flexibility index (Phi) is 4.19. The van der Waals surface area contributed by atoms with E-state index in [0.717, 1.165) is 0 Å². The van der Waals surface area contributed by atoms with Crippen LogP contribution >= 0.6 is 0 Å². The van der Waals surface area contributed by atoms with Crippen LogP contribution in [0.5, 0.6) is 0 Å². The number of ether oxygens (including phenoxy) is 3. The highest BCUT2D eigenvalue weighted by Gasteiger charge is 2.41. The maximum atomic E-state index is 11.8. The molecule has 2 rings (SSSR count). The topological polar surface area (TPSA) is 65.0 Å². The normalized spacial score (nSPS) is 25.2. The lowest BCUT2D eigenvalue weighted by molar-refractivity contribution is -0.151. The van der Waals surface area contributed by atoms with Crippen molar-refractivity contribution in [3.63, 3.8) is 0 Å². The Hall–Kier alpha value is -1.43. The summed E-state index contributed by atoms with van der Waals surface area (Å²) in [6.45, 7) is 3.41. The van der Waals surface area contributed by atoms with Gasteiger partial charge in [0.25, 0.3) is 0 Å². The molecular weight excluding hydrogens is 248 g/mol. The molecule has 2 atom stereocenters. The molecule has 1 fully saturated rings. The molecule has 0 saturated carbocycles. The second-order valence-corrected chi connectivity index (χ2v) is 4.86. The van der Waals surface area contributed by atoms with Crippen molar-refractivity contribution in [3.8, 4) is 0 Å². The summed E-state index contributed by atoms with van der Waals surface area (Å²) < 4.78 is 16.2. The van der Waals surface area contributed by atoms with Crippen LogP contribution in [0.3, 0.4) is 0 Å². The van der Waals surface area contributed by atoms with Gasteiger partial charge in [0, 0.05) is 0 Å². The van der Waals surface area contributed by atoms with Gasteiger partial charge in [-0.25, -0.2) is 4.79 Å². The van der Waals surface area contributed by atoms with E-state index < -0.39 is 24.0 Å². The Balaban J connectivity index is 1.90. The number of carbonyl (C=O) groups excluding carboxylic acids is 1. The maximum absolute atomic E-state index is 11.8. The lowest BCUT2D eigenvalue weighted by atomic mass is 10.2. The summed E-state index contributed by atoms with van der Waals surface area (Å²) in [5.74, 6) is -1.18. The van der Waals surface area contributed by atoms with Crippen molar-refractivity contribution in [1.29, 1.82) is 0 Å². The van der Waals surface area contributed by atoms with E-state index in [0.29, 0.717) is 5.56 Å². The number of carbonyl (C=O) groups is 1. The van der Waals surface area contributed by atoms with E-state index in [1.165, 1.54) is 0 Å². The molecule has 5 heteroatoms. The summed E-state index contributed by atoms with van der Waals surface area (Å²) in [5.41, 5.74) is 0.487. The van der Waals surface area contributed by atoms with Gasteiger partial charge < -0.3 is 19.3 Å². The molecule has 1 N–H and O–H groups in total. The van der Waals surface area contributed by atoms with Crippen LogP contribution in [0.4, 0.5) is 0 Å². The Morgan fingerprint density at radius 2 is 1.89 bits per heavy atom. The van der Waals surface area contributed by atoms with Crippen LogP contribution in [0.15, 0.2) is 30.3 Å². The van der Waals surface area contributed by atoms with Crippen molar-refractivity contribution < 1.29 is 24.1 Å². The summed E-state index contributed by atoms with van der Waals surface area (Å²) in [6, 6.07) is 8.73. The van der Waals surface area contributed by atoms with Gasteiger partial charge in [-0.05, 0) is 26.0 Å².